The van der Waals surface area contributed by atoms with Crippen LogP contribution in [0.15, 0.2) is 60.7 Å². The Kier molecular flexibility index (Phi) is 7.05. The monoisotopic (exact) mass is 472 g/mol. The number of fused-ring (bicyclic) bond motifs is 1. The number of hydrogen-bond acceptors (Lipinski definition) is 1. The fraction of sp³-hybridized carbons (Fsp3) is 0.286. The Morgan fingerprint density at radius 3 is 2.24 bits per heavy atom. The van der Waals surface area contributed by atoms with E-state index in [1.54, 1.807) is 12.1 Å². The van der Waals surface area contributed by atoms with E-state index in [2.05, 4.69) is 11.7 Å². The fourth-order valence-corrected chi connectivity index (χ4v) is 4.34. The third-order valence-corrected chi connectivity index (χ3v) is 6.09. The van der Waals surface area contributed by atoms with E-state index in [1.807, 2.05) is 18.2 Å². The van der Waals surface area contributed by atoms with Crippen molar-refractivity contribution in [2.45, 2.75) is 51.8 Å². The quantitative estimate of drug-likeness (QED) is 0.248. The van der Waals surface area contributed by atoms with Gasteiger partial charge in [-0.05, 0) is 83.8 Å². The van der Waals surface area contributed by atoms with Gasteiger partial charge in [-0.2, -0.15) is 0 Å². The number of halogens is 5. The predicted octanol–water partition coefficient (Wildman–Crippen LogP) is 8.45. The topological polar surface area (TPSA) is 9.23 Å². The van der Waals surface area contributed by atoms with Gasteiger partial charge in [0.05, 0.1) is 0 Å². The fourth-order valence-electron chi connectivity index (χ4n) is 4.34. The molecule has 4 rings (SSSR count). The van der Waals surface area contributed by atoms with Gasteiger partial charge in [0.2, 0.25) is 0 Å². The van der Waals surface area contributed by atoms with Crippen LogP contribution in [-0.2, 0) is 19.3 Å². The summed E-state index contributed by atoms with van der Waals surface area (Å²) >= 11 is 0. The first-order valence-corrected chi connectivity index (χ1v) is 11.4. The number of hydrogen-bond donors (Lipinski definition) is 0. The molecule has 6 heteroatoms. The number of rotatable bonds is 7. The van der Waals surface area contributed by atoms with Crippen molar-refractivity contribution in [3.63, 3.8) is 0 Å². The molecule has 0 amide bonds. The summed E-state index contributed by atoms with van der Waals surface area (Å²) in [7, 11) is 0. The summed E-state index contributed by atoms with van der Waals surface area (Å²) in [6.45, 7) is 2.13. The summed E-state index contributed by atoms with van der Waals surface area (Å²) < 4.78 is 70.7. The van der Waals surface area contributed by atoms with Gasteiger partial charge in [0.15, 0.2) is 0 Å². The van der Waals surface area contributed by atoms with Crippen molar-refractivity contribution >= 4 is 5.57 Å². The molecule has 0 atom stereocenters. The van der Waals surface area contributed by atoms with Crippen LogP contribution in [0.2, 0.25) is 0 Å². The highest BCUT2D eigenvalue weighted by Gasteiger charge is 2.31. The molecule has 3 aromatic carbocycles. The molecule has 0 aromatic heterocycles. The molecule has 1 aliphatic carbocycles. The molecule has 0 spiro atoms. The van der Waals surface area contributed by atoms with Crippen molar-refractivity contribution in [2.24, 2.45) is 0 Å². The highest BCUT2D eigenvalue weighted by atomic mass is 19.4. The Balaban J connectivity index is 1.52. The van der Waals surface area contributed by atoms with Crippen LogP contribution >= 0.6 is 0 Å². The number of allylic oxidation sites excluding steroid dienone is 2. The summed E-state index contributed by atoms with van der Waals surface area (Å²) in [6, 6.07) is 13.6. The second kappa shape index (κ2) is 10.00. The normalized spacial score (nSPS) is 13.4. The van der Waals surface area contributed by atoms with Crippen LogP contribution in [0.5, 0.6) is 5.75 Å². The number of alkyl halides is 3. The van der Waals surface area contributed by atoms with Crippen LogP contribution in [0.25, 0.3) is 16.7 Å². The zero-order valence-corrected chi connectivity index (χ0v) is 18.8. The summed E-state index contributed by atoms with van der Waals surface area (Å²) in [5.41, 5.74) is 4.79. The van der Waals surface area contributed by atoms with E-state index in [9.17, 15) is 22.0 Å². The Morgan fingerprint density at radius 2 is 1.56 bits per heavy atom. The van der Waals surface area contributed by atoms with Crippen molar-refractivity contribution in [3.05, 3.63) is 94.6 Å². The van der Waals surface area contributed by atoms with Crippen LogP contribution in [0.3, 0.4) is 0 Å². The first kappa shape index (κ1) is 24.0. The minimum Gasteiger partial charge on any atom is -0.406 e. The van der Waals surface area contributed by atoms with Crippen molar-refractivity contribution in [3.8, 4) is 16.9 Å². The maximum atomic E-state index is 14.9. The van der Waals surface area contributed by atoms with Crippen LogP contribution in [0, 0.1) is 11.6 Å². The number of unbranched alkanes of at least 4 members (excludes halogenated alkanes) is 2. The zero-order chi connectivity index (χ0) is 24.3. The first-order valence-electron chi connectivity index (χ1n) is 11.4. The SMILES string of the molecule is CCCCCc1ccc(C2=CCc3cc(-c4ccc(OC(F)(F)F)cc4)c(F)cc3C2)c(F)c1. The molecular formula is C28H25F5O. The minimum absolute atomic E-state index is 0.262. The van der Waals surface area contributed by atoms with E-state index in [1.165, 1.54) is 18.2 Å². The van der Waals surface area contributed by atoms with E-state index in [0.29, 0.717) is 29.5 Å². The van der Waals surface area contributed by atoms with E-state index in [4.69, 9.17) is 0 Å². The Hall–Kier alpha value is -3.15. The standard InChI is InChI=1S/C28H25F5O/c1-2-3-4-5-18-6-13-24(26(29)14-18)21-8-7-20-16-25(27(30)17-22(20)15-21)19-9-11-23(12-10-19)34-28(31,32)33/h6,8-14,16-17H,2-5,7,15H2,1H3. The van der Waals surface area contributed by atoms with Crippen LogP contribution < -0.4 is 4.74 Å². The Labute approximate surface area is 195 Å². The van der Waals surface area contributed by atoms with Crippen molar-refractivity contribution in [2.75, 3.05) is 0 Å². The molecule has 1 aliphatic rings. The van der Waals surface area contributed by atoms with E-state index < -0.39 is 12.2 Å². The molecule has 0 unspecified atom stereocenters. The molecule has 0 fully saturated rings. The molecule has 178 valence electrons. The van der Waals surface area contributed by atoms with Crippen molar-refractivity contribution in [1.29, 1.82) is 0 Å². The molecule has 0 N–H and O–H groups in total. The Morgan fingerprint density at radius 1 is 0.824 bits per heavy atom. The lowest BCUT2D eigenvalue weighted by atomic mass is 9.85. The number of benzene rings is 3. The molecule has 0 bridgehead atoms. The molecule has 34 heavy (non-hydrogen) atoms. The van der Waals surface area contributed by atoms with Crippen molar-refractivity contribution < 1.29 is 26.7 Å². The van der Waals surface area contributed by atoms with Crippen LogP contribution in [0.1, 0.15) is 48.4 Å². The molecule has 0 saturated heterocycles. The maximum Gasteiger partial charge on any atom is 0.573 e. The highest BCUT2D eigenvalue weighted by molar-refractivity contribution is 5.73. The van der Waals surface area contributed by atoms with Gasteiger partial charge < -0.3 is 4.74 Å². The van der Waals surface area contributed by atoms with E-state index in [0.717, 1.165) is 60.1 Å². The van der Waals surface area contributed by atoms with Gasteiger partial charge in [-0.1, -0.05) is 50.1 Å². The van der Waals surface area contributed by atoms with Crippen LogP contribution in [0.4, 0.5) is 22.0 Å². The third kappa shape index (κ3) is 5.66. The van der Waals surface area contributed by atoms with Gasteiger partial charge in [-0.25, -0.2) is 8.78 Å². The average molecular weight is 472 g/mol. The molecule has 0 radical (unpaired) electrons. The largest absolute Gasteiger partial charge is 0.573 e. The second-order valence-electron chi connectivity index (χ2n) is 8.55. The second-order valence-corrected chi connectivity index (χ2v) is 8.55. The smallest absolute Gasteiger partial charge is 0.406 e. The van der Waals surface area contributed by atoms with Gasteiger partial charge >= 0.3 is 6.36 Å². The van der Waals surface area contributed by atoms with Crippen LogP contribution in [-0.4, -0.2) is 6.36 Å². The minimum atomic E-state index is -4.78. The molecule has 3 aromatic rings. The maximum absolute atomic E-state index is 14.9. The summed E-state index contributed by atoms with van der Waals surface area (Å²) in [6.07, 6.45) is 2.22. The lowest BCUT2D eigenvalue weighted by molar-refractivity contribution is -0.274. The first-order chi connectivity index (χ1) is 16.2. The van der Waals surface area contributed by atoms with E-state index >= 15 is 0 Å². The lowest BCUT2D eigenvalue weighted by Gasteiger charge is -2.20. The third-order valence-electron chi connectivity index (χ3n) is 6.09. The van der Waals surface area contributed by atoms with Gasteiger partial charge in [0.25, 0.3) is 0 Å². The van der Waals surface area contributed by atoms with Gasteiger partial charge in [-0.15, -0.1) is 13.2 Å². The summed E-state index contributed by atoms with van der Waals surface area (Å²) in [5.74, 6) is -1.10. The molecule has 0 aliphatic heterocycles. The zero-order valence-electron chi connectivity index (χ0n) is 18.8. The summed E-state index contributed by atoms with van der Waals surface area (Å²) in [4.78, 5) is 0. The predicted molar refractivity (Wildman–Crippen MR) is 124 cm³/mol. The van der Waals surface area contributed by atoms with Gasteiger partial charge in [-0.3, -0.25) is 0 Å². The number of aryl methyl sites for hydroxylation is 1. The molecule has 0 saturated carbocycles. The van der Waals surface area contributed by atoms with Gasteiger partial charge in [0, 0.05) is 11.1 Å². The van der Waals surface area contributed by atoms with E-state index in [-0.39, 0.29) is 11.6 Å². The molecule has 1 nitrogen and oxygen atoms in total. The highest BCUT2D eigenvalue weighted by Crippen LogP contribution is 2.35. The lowest BCUT2D eigenvalue weighted by Crippen LogP contribution is -2.16. The molecular weight excluding hydrogens is 447 g/mol. The van der Waals surface area contributed by atoms with Gasteiger partial charge in [0.1, 0.15) is 17.4 Å². The Bertz CT molecular complexity index is 1190. The average Bonchev–Trinajstić information content (AvgIpc) is 2.78. The summed E-state index contributed by atoms with van der Waals surface area (Å²) in [5, 5.41) is 0. The molecule has 0 heterocycles. The number of ether oxygens (including phenoxy) is 1. The van der Waals surface area contributed by atoms with Crippen molar-refractivity contribution in [1.82, 2.24) is 0 Å².